The van der Waals surface area contributed by atoms with E-state index in [9.17, 15) is 4.79 Å². The molecule has 0 bridgehead atoms. The summed E-state index contributed by atoms with van der Waals surface area (Å²) in [6.07, 6.45) is 2.76. The molecule has 0 spiro atoms. The molecule has 1 aliphatic heterocycles. The molecule has 1 aromatic carbocycles. The fraction of sp³-hybridized carbons (Fsp3) is 0.471. The Labute approximate surface area is 131 Å². The molecule has 1 radical (unpaired) electrons. The summed E-state index contributed by atoms with van der Waals surface area (Å²) in [4.78, 5) is 20.1. The van der Waals surface area contributed by atoms with Gasteiger partial charge < -0.3 is 20.1 Å². The van der Waals surface area contributed by atoms with E-state index in [2.05, 4.69) is 33.2 Å². The molecule has 0 aliphatic carbocycles. The lowest BCUT2D eigenvalue weighted by molar-refractivity contribution is 0.0949. The van der Waals surface area contributed by atoms with Crippen LogP contribution in [0.25, 0.3) is 10.9 Å². The van der Waals surface area contributed by atoms with E-state index in [-0.39, 0.29) is 5.91 Å². The molecule has 22 heavy (non-hydrogen) atoms. The molecule has 5 nitrogen and oxygen atoms in total. The van der Waals surface area contributed by atoms with E-state index >= 15 is 0 Å². The lowest BCUT2D eigenvalue weighted by Gasteiger charge is -2.32. The molecule has 1 fully saturated rings. The number of nitrogens with one attached hydrogen (secondary N) is 2. The van der Waals surface area contributed by atoms with Gasteiger partial charge in [0.25, 0.3) is 5.91 Å². The van der Waals surface area contributed by atoms with Gasteiger partial charge in [0.2, 0.25) is 0 Å². The molecule has 1 saturated heterocycles. The van der Waals surface area contributed by atoms with Crippen LogP contribution < -0.4 is 5.32 Å². The maximum Gasteiger partial charge on any atom is 0.251 e. The zero-order valence-corrected chi connectivity index (χ0v) is 13.1. The Morgan fingerprint density at radius 3 is 2.95 bits per heavy atom. The van der Waals surface area contributed by atoms with Crippen LogP contribution in [0.4, 0.5) is 0 Å². The van der Waals surface area contributed by atoms with Crippen molar-refractivity contribution < 1.29 is 4.79 Å². The Morgan fingerprint density at radius 2 is 2.14 bits per heavy atom. The van der Waals surface area contributed by atoms with Gasteiger partial charge in [-0.05, 0) is 32.1 Å². The van der Waals surface area contributed by atoms with Gasteiger partial charge in [0, 0.05) is 61.5 Å². The van der Waals surface area contributed by atoms with Crippen LogP contribution in [0.3, 0.4) is 0 Å². The number of aromatic amines is 1. The molecule has 2 N–H and O–H groups in total. The number of rotatable bonds is 5. The summed E-state index contributed by atoms with van der Waals surface area (Å²) in [5, 5.41) is 4.01. The first kappa shape index (κ1) is 15.1. The van der Waals surface area contributed by atoms with Crippen molar-refractivity contribution in [3.05, 3.63) is 36.0 Å². The van der Waals surface area contributed by atoms with Crippen molar-refractivity contribution in [1.29, 1.82) is 0 Å². The molecule has 1 amide bonds. The lowest BCUT2D eigenvalue weighted by atomic mass is 10.1. The number of piperazine rings is 1. The molecule has 1 aromatic heterocycles. The molecular weight excluding hydrogens is 276 g/mol. The van der Waals surface area contributed by atoms with Gasteiger partial charge in [-0.2, -0.15) is 0 Å². The minimum Gasteiger partial charge on any atom is -0.361 e. The van der Waals surface area contributed by atoms with E-state index < -0.39 is 0 Å². The van der Waals surface area contributed by atoms with Crippen molar-refractivity contribution in [3.8, 4) is 0 Å². The van der Waals surface area contributed by atoms with E-state index in [1.807, 2.05) is 18.2 Å². The second kappa shape index (κ2) is 6.94. The molecule has 0 saturated carbocycles. The monoisotopic (exact) mass is 299 g/mol. The number of hydrogen-bond acceptors (Lipinski definition) is 3. The lowest BCUT2D eigenvalue weighted by Crippen LogP contribution is -2.45. The third-order valence-corrected chi connectivity index (χ3v) is 4.27. The number of hydrogen-bond donors (Lipinski definition) is 2. The van der Waals surface area contributed by atoms with Gasteiger partial charge in [-0.25, -0.2) is 0 Å². The third-order valence-electron chi connectivity index (χ3n) is 4.27. The molecular formula is C17H23N4O. The molecule has 0 atom stereocenters. The summed E-state index contributed by atoms with van der Waals surface area (Å²) in [6.45, 7) is 6.31. The van der Waals surface area contributed by atoms with E-state index in [1.165, 1.54) is 0 Å². The highest BCUT2D eigenvalue weighted by Crippen LogP contribution is 2.13. The van der Waals surface area contributed by atoms with Crippen molar-refractivity contribution in [3.63, 3.8) is 0 Å². The topological polar surface area (TPSA) is 51.4 Å². The van der Waals surface area contributed by atoms with Gasteiger partial charge in [-0.3, -0.25) is 4.79 Å². The molecule has 3 rings (SSSR count). The third kappa shape index (κ3) is 3.67. The van der Waals surface area contributed by atoms with Gasteiger partial charge in [-0.15, -0.1) is 0 Å². The Hall–Kier alpha value is -1.85. The summed E-state index contributed by atoms with van der Waals surface area (Å²) in [6, 6.07) is 8.73. The molecule has 0 unspecified atom stereocenters. The van der Waals surface area contributed by atoms with Crippen LogP contribution in [0.1, 0.15) is 16.8 Å². The number of benzene rings is 1. The Kier molecular flexibility index (Phi) is 4.75. The number of aromatic nitrogens is 1. The molecule has 2 heterocycles. The quantitative estimate of drug-likeness (QED) is 0.819. The Balaban J connectivity index is 1.42. The van der Waals surface area contributed by atoms with Crippen molar-refractivity contribution in [2.75, 3.05) is 46.3 Å². The maximum atomic E-state index is 12.1. The van der Waals surface area contributed by atoms with Crippen LogP contribution in [0.2, 0.25) is 0 Å². The molecule has 117 valence electrons. The first-order chi connectivity index (χ1) is 10.7. The Morgan fingerprint density at radius 1 is 1.32 bits per heavy atom. The summed E-state index contributed by atoms with van der Waals surface area (Å²) in [7, 11) is 2.16. The van der Waals surface area contributed by atoms with Crippen LogP contribution in [0, 0.1) is 6.07 Å². The number of nitrogens with zero attached hydrogens (tertiary/aromatic N) is 2. The summed E-state index contributed by atoms with van der Waals surface area (Å²) in [5.41, 5.74) is 1.65. The van der Waals surface area contributed by atoms with Crippen LogP contribution in [-0.2, 0) is 0 Å². The predicted molar refractivity (Wildman–Crippen MR) is 88.0 cm³/mol. The van der Waals surface area contributed by atoms with Crippen LogP contribution >= 0.6 is 0 Å². The number of H-pyrrole nitrogens is 1. The minimum absolute atomic E-state index is 0.00474. The number of fused-ring (bicyclic) bond motifs is 1. The predicted octanol–water partition coefficient (Wildman–Crippen LogP) is 1.34. The highest BCUT2D eigenvalue weighted by molar-refractivity contribution is 5.97. The first-order valence-corrected chi connectivity index (χ1v) is 7.90. The number of carbonyl (C=O) groups excluding carboxylic acids is 1. The summed E-state index contributed by atoms with van der Waals surface area (Å²) in [5.74, 6) is -0.00474. The molecule has 2 aromatic rings. The fourth-order valence-corrected chi connectivity index (χ4v) is 2.80. The van der Waals surface area contributed by atoms with Gasteiger partial charge in [0.1, 0.15) is 0 Å². The van der Waals surface area contributed by atoms with Crippen molar-refractivity contribution in [2.45, 2.75) is 6.42 Å². The number of carbonyl (C=O) groups is 1. The normalized spacial score (nSPS) is 17.0. The first-order valence-electron chi connectivity index (χ1n) is 7.90. The average Bonchev–Trinajstić information content (AvgIpc) is 3.00. The van der Waals surface area contributed by atoms with Gasteiger partial charge in [0.15, 0.2) is 0 Å². The van der Waals surface area contributed by atoms with Gasteiger partial charge >= 0.3 is 0 Å². The average molecular weight is 299 g/mol. The number of amides is 1. The highest BCUT2D eigenvalue weighted by Gasteiger charge is 2.13. The van der Waals surface area contributed by atoms with E-state index in [0.29, 0.717) is 5.56 Å². The largest absolute Gasteiger partial charge is 0.361 e. The SMILES string of the molecule is CN1CCN(CCCNC(=O)c2ccc3[c]c[nH]c3c2)CC1. The van der Waals surface area contributed by atoms with E-state index in [4.69, 9.17) is 0 Å². The van der Waals surface area contributed by atoms with E-state index in [0.717, 1.165) is 56.6 Å². The smallest absolute Gasteiger partial charge is 0.251 e. The summed E-state index contributed by atoms with van der Waals surface area (Å²) < 4.78 is 0. The molecule has 5 heteroatoms. The fourth-order valence-electron chi connectivity index (χ4n) is 2.80. The van der Waals surface area contributed by atoms with Crippen molar-refractivity contribution in [2.24, 2.45) is 0 Å². The van der Waals surface area contributed by atoms with Crippen LogP contribution in [-0.4, -0.2) is 67.0 Å². The highest BCUT2D eigenvalue weighted by atomic mass is 16.1. The minimum atomic E-state index is -0.00474. The second-order valence-corrected chi connectivity index (χ2v) is 5.95. The van der Waals surface area contributed by atoms with Crippen LogP contribution in [0.5, 0.6) is 0 Å². The zero-order chi connectivity index (χ0) is 15.4. The van der Waals surface area contributed by atoms with Gasteiger partial charge in [-0.1, -0.05) is 6.07 Å². The standard InChI is InChI=1S/C17H23N4O/c1-20-9-11-21(12-10-20)8-2-6-19-17(22)15-4-3-14-5-7-18-16(14)13-15/h3-4,7,13,18H,2,6,8-12H2,1H3,(H,19,22). The summed E-state index contributed by atoms with van der Waals surface area (Å²) >= 11 is 0. The second-order valence-electron chi connectivity index (χ2n) is 5.95. The molecule has 1 aliphatic rings. The van der Waals surface area contributed by atoms with E-state index in [1.54, 1.807) is 6.20 Å². The maximum absolute atomic E-state index is 12.1. The van der Waals surface area contributed by atoms with Gasteiger partial charge in [0.05, 0.1) is 0 Å². The van der Waals surface area contributed by atoms with Crippen molar-refractivity contribution in [1.82, 2.24) is 20.1 Å². The number of likely N-dealkylation sites (N-methyl/N-ethyl adjacent to an activating group) is 1. The Bertz CT molecular complexity index is 628. The van der Waals surface area contributed by atoms with Crippen LogP contribution in [0.15, 0.2) is 24.4 Å². The van der Waals surface area contributed by atoms with Crippen molar-refractivity contribution >= 4 is 16.8 Å². The zero-order valence-electron chi connectivity index (χ0n) is 13.1.